The molecule has 0 aromatic carbocycles. The summed E-state index contributed by atoms with van der Waals surface area (Å²) in [7, 11) is 0. The number of hydrogen-bond donors (Lipinski definition) is 2. The summed E-state index contributed by atoms with van der Waals surface area (Å²) >= 11 is 0. The van der Waals surface area contributed by atoms with Crippen LogP contribution in [0.3, 0.4) is 0 Å². The van der Waals surface area contributed by atoms with E-state index in [1.165, 1.54) is 38.6 Å². The molecule has 2 atom stereocenters. The Morgan fingerprint density at radius 2 is 2.05 bits per heavy atom. The van der Waals surface area contributed by atoms with Crippen molar-refractivity contribution in [3.63, 3.8) is 0 Å². The van der Waals surface area contributed by atoms with Crippen molar-refractivity contribution in [1.82, 2.24) is 15.1 Å². The first-order valence-electron chi connectivity index (χ1n) is 9.11. The second kappa shape index (κ2) is 7.18. The number of rotatable bonds is 6. The van der Waals surface area contributed by atoms with E-state index in [-0.39, 0.29) is 18.7 Å². The highest BCUT2D eigenvalue weighted by molar-refractivity contribution is 5.75. The van der Waals surface area contributed by atoms with Crippen LogP contribution in [0.15, 0.2) is 0 Å². The molecule has 0 unspecified atom stereocenters. The molecule has 1 saturated heterocycles. The molecule has 3 fully saturated rings. The standard InChI is InChI=1S/C17H31N3O2/c1-13(18-17(22)20(10-11-21)16-7-8-16)14-4-3-9-19(12-14)15-5-2-6-15/h13-16,21H,2-12H2,1H3,(H,18,22)/t13-,14+/m1/s1. The van der Waals surface area contributed by atoms with Crippen LogP contribution in [0.5, 0.6) is 0 Å². The van der Waals surface area contributed by atoms with E-state index in [0.29, 0.717) is 18.5 Å². The van der Waals surface area contributed by atoms with Crippen molar-refractivity contribution >= 4 is 6.03 Å². The molecule has 1 heterocycles. The van der Waals surface area contributed by atoms with Crippen LogP contribution >= 0.6 is 0 Å². The summed E-state index contributed by atoms with van der Waals surface area (Å²) < 4.78 is 0. The lowest BCUT2D eigenvalue weighted by molar-refractivity contribution is 0.0666. The third-order valence-electron chi connectivity index (χ3n) is 5.73. The van der Waals surface area contributed by atoms with Gasteiger partial charge in [0.25, 0.3) is 0 Å². The van der Waals surface area contributed by atoms with Gasteiger partial charge in [0.2, 0.25) is 0 Å². The third kappa shape index (κ3) is 3.74. The number of nitrogens with one attached hydrogen (secondary N) is 1. The quantitative estimate of drug-likeness (QED) is 0.787. The maximum atomic E-state index is 12.4. The molecule has 5 heteroatoms. The Hall–Kier alpha value is -0.810. The maximum absolute atomic E-state index is 12.4. The van der Waals surface area contributed by atoms with Crippen molar-refractivity contribution in [3.05, 3.63) is 0 Å². The van der Waals surface area contributed by atoms with Crippen LogP contribution in [-0.2, 0) is 0 Å². The summed E-state index contributed by atoms with van der Waals surface area (Å²) in [6.07, 6.45) is 8.74. The predicted octanol–water partition coefficient (Wildman–Crippen LogP) is 1.81. The Morgan fingerprint density at radius 1 is 1.27 bits per heavy atom. The fourth-order valence-electron chi connectivity index (χ4n) is 3.87. The van der Waals surface area contributed by atoms with Gasteiger partial charge in [-0.2, -0.15) is 0 Å². The number of carbonyl (C=O) groups excluding carboxylic acids is 1. The Balaban J connectivity index is 1.49. The minimum atomic E-state index is 0.0183. The molecule has 1 aliphatic heterocycles. The highest BCUT2D eigenvalue weighted by Gasteiger charge is 2.35. The molecule has 0 bridgehead atoms. The summed E-state index contributed by atoms with van der Waals surface area (Å²) in [6.45, 7) is 5.03. The van der Waals surface area contributed by atoms with E-state index in [9.17, 15) is 4.79 Å². The molecule has 0 spiro atoms. The second-order valence-corrected chi connectivity index (χ2v) is 7.37. The number of hydrogen-bond acceptors (Lipinski definition) is 3. The van der Waals surface area contributed by atoms with Crippen LogP contribution < -0.4 is 5.32 Å². The van der Waals surface area contributed by atoms with E-state index in [1.807, 2.05) is 4.90 Å². The normalized spacial score (nSPS) is 28.0. The molecule has 2 aliphatic carbocycles. The van der Waals surface area contributed by atoms with Crippen LogP contribution in [-0.4, -0.2) is 65.3 Å². The Labute approximate surface area is 134 Å². The van der Waals surface area contributed by atoms with Gasteiger partial charge in [0.1, 0.15) is 0 Å². The lowest BCUT2D eigenvalue weighted by Crippen LogP contribution is -2.53. The molecule has 3 rings (SSSR count). The van der Waals surface area contributed by atoms with Crippen LogP contribution in [0.25, 0.3) is 0 Å². The van der Waals surface area contributed by atoms with Crippen molar-refractivity contribution in [2.75, 3.05) is 26.2 Å². The first-order chi connectivity index (χ1) is 10.7. The van der Waals surface area contributed by atoms with E-state index >= 15 is 0 Å². The van der Waals surface area contributed by atoms with Gasteiger partial charge in [0.15, 0.2) is 0 Å². The summed E-state index contributed by atoms with van der Waals surface area (Å²) in [5, 5.41) is 12.3. The lowest BCUT2D eigenvalue weighted by Gasteiger charge is -2.44. The summed E-state index contributed by atoms with van der Waals surface area (Å²) in [5.74, 6) is 0.563. The molecule has 0 aromatic heterocycles. The van der Waals surface area contributed by atoms with Gasteiger partial charge in [-0.1, -0.05) is 6.42 Å². The average molecular weight is 309 g/mol. The number of aliphatic hydroxyl groups excluding tert-OH is 1. The van der Waals surface area contributed by atoms with E-state index in [2.05, 4.69) is 17.1 Å². The van der Waals surface area contributed by atoms with Crippen molar-refractivity contribution in [1.29, 1.82) is 0 Å². The largest absolute Gasteiger partial charge is 0.395 e. The van der Waals surface area contributed by atoms with Gasteiger partial charge in [-0.15, -0.1) is 0 Å². The fourth-order valence-corrected chi connectivity index (χ4v) is 3.87. The third-order valence-corrected chi connectivity index (χ3v) is 5.73. The highest BCUT2D eigenvalue weighted by atomic mass is 16.3. The second-order valence-electron chi connectivity index (χ2n) is 7.37. The van der Waals surface area contributed by atoms with Crippen molar-refractivity contribution < 1.29 is 9.90 Å². The van der Waals surface area contributed by atoms with Crippen LogP contribution in [0.1, 0.15) is 51.9 Å². The number of nitrogens with zero attached hydrogens (tertiary/aromatic N) is 2. The number of aliphatic hydroxyl groups is 1. The summed E-state index contributed by atoms with van der Waals surface area (Å²) in [5.41, 5.74) is 0. The number of amides is 2. The first-order valence-corrected chi connectivity index (χ1v) is 9.11. The topological polar surface area (TPSA) is 55.8 Å². The highest BCUT2D eigenvalue weighted by Crippen LogP contribution is 2.30. The van der Waals surface area contributed by atoms with Crippen LogP contribution in [0.2, 0.25) is 0 Å². The number of carbonyl (C=O) groups is 1. The minimum absolute atomic E-state index is 0.0183. The molecular weight excluding hydrogens is 278 g/mol. The van der Waals surface area contributed by atoms with E-state index in [1.54, 1.807) is 0 Å². The van der Waals surface area contributed by atoms with Gasteiger partial charge in [0, 0.05) is 31.2 Å². The zero-order valence-corrected chi connectivity index (χ0v) is 13.8. The Bertz CT molecular complexity index is 382. The molecule has 2 saturated carbocycles. The molecule has 0 aromatic rings. The van der Waals surface area contributed by atoms with Gasteiger partial charge in [0.05, 0.1) is 6.61 Å². The van der Waals surface area contributed by atoms with E-state index in [0.717, 1.165) is 25.4 Å². The minimum Gasteiger partial charge on any atom is -0.395 e. The zero-order chi connectivity index (χ0) is 15.5. The van der Waals surface area contributed by atoms with Crippen LogP contribution in [0.4, 0.5) is 4.79 Å². The molecule has 22 heavy (non-hydrogen) atoms. The SMILES string of the molecule is C[C@@H](NC(=O)N(CCO)C1CC1)[C@H]1CCCN(C2CCC2)C1. The molecule has 126 valence electrons. The van der Waals surface area contributed by atoms with Gasteiger partial charge in [-0.25, -0.2) is 4.79 Å². The van der Waals surface area contributed by atoms with Crippen LogP contribution in [0, 0.1) is 5.92 Å². The molecular formula is C17H31N3O2. The monoisotopic (exact) mass is 309 g/mol. The predicted molar refractivity (Wildman–Crippen MR) is 86.7 cm³/mol. The van der Waals surface area contributed by atoms with Gasteiger partial charge >= 0.3 is 6.03 Å². The molecule has 2 amide bonds. The van der Waals surface area contributed by atoms with E-state index in [4.69, 9.17) is 5.11 Å². The number of urea groups is 1. The Kier molecular flexibility index (Phi) is 5.24. The number of piperidine rings is 1. The zero-order valence-electron chi connectivity index (χ0n) is 13.8. The summed E-state index contributed by atoms with van der Waals surface area (Å²) in [4.78, 5) is 16.9. The summed E-state index contributed by atoms with van der Waals surface area (Å²) in [6, 6.07) is 1.40. The molecule has 5 nitrogen and oxygen atoms in total. The fraction of sp³-hybridized carbons (Fsp3) is 0.941. The van der Waals surface area contributed by atoms with Gasteiger partial charge in [-0.3, -0.25) is 0 Å². The maximum Gasteiger partial charge on any atom is 0.317 e. The molecule has 2 N–H and O–H groups in total. The number of likely N-dealkylation sites (tertiary alicyclic amines) is 1. The van der Waals surface area contributed by atoms with Gasteiger partial charge < -0.3 is 20.2 Å². The molecule has 3 aliphatic rings. The van der Waals surface area contributed by atoms with Crippen molar-refractivity contribution in [2.45, 2.75) is 70.0 Å². The van der Waals surface area contributed by atoms with E-state index < -0.39 is 0 Å². The van der Waals surface area contributed by atoms with Gasteiger partial charge in [-0.05, 0) is 57.9 Å². The Morgan fingerprint density at radius 3 is 2.64 bits per heavy atom. The smallest absolute Gasteiger partial charge is 0.317 e. The molecule has 0 radical (unpaired) electrons. The van der Waals surface area contributed by atoms with Crippen molar-refractivity contribution in [2.24, 2.45) is 5.92 Å². The lowest BCUT2D eigenvalue weighted by atomic mass is 9.86. The van der Waals surface area contributed by atoms with Crippen molar-refractivity contribution in [3.8, 4) is 0 Å². The first kappa shape index (κ1) is 16.1. The average Bonchev–Trinajstić information content (AvgIpc) is 3.27.